The first kappa shape index (κ1) is 13.0. The molecule has 1 amide bonds. The third kappa shape index (κ3) is 2.38. The Labute approximate surface area is 118 Å². The summed E-state index contributed by atoms with van der Waals surface area (Å²) < 4.78 is 11.5. The van der Waals surface area contributed by atoms with Gasteiger partial charge in [0, 0.05) is 24.9 Å². The van der Waals surface area contributed by atoms with Crippen LogP contribution in [0.5, 0.6) is 11.5 Å². The van der Waals surface area contributed by atoms with Crippen LogP contribution in [0, 0.1) is 0 Å². The molecule has 2 heterocycles. The number of fused-ring (bicyclic) bond motifs is 1. The van der Waals surface area contributed by atoms with Gasteiger partial charge in [-0.05, 0) is 12.1 Å². The first-order chi connectivity index (χ1) is 10.0. The largest absolute Gasteiger partial charge is 0.477 e. The molecule has 3 rings (SSSR count). The van der Waals surface area contributed by atoms with E-state index in [9.17, 15) is 9.59 Å². The zero-order chi connectivity index (χ0) is 15.0. The van der Waals surface area contributed by atoms with E-state index in [0.29, 0.717) is 17.2 Å². The van der Waals surface area contributed by atoms with Crippen molar-refractivity contribution < 1.29 is 24.2 Å². The van der Waals surface area contributed by atoms with Crippen LogP contribution in [0.2, 0.25) is 0 Å². The summed E-state index contributed by atoms with van der Waals surface area (Å²) in [7, 11) is 1.46. The van der Waals surface area contributed by atoms with Crippen LogP contribution in [-0.4, -0.2) is 33.6 Å². The monoisotopic (exact) mass is 289 g/mol. The van der Waals surface area contributed by atoms with Crippen molar-refractivity contribution in [2.24, 2.45) is 7.05 Å². The maximum atomic E-state index is 12.1. The number of aromatic carboxylic acids is 1. The van der Waals surface area contributed by atoms with Gasteiger partial charge < -0.3 is 19.9 Å². The predicted octanol–water partition coefficient (Wildman–Crippen LogP) is 1.10. The molecule has 108 valence electrons. The molecular formula is C13H11N3O5. The van der Waals surface area contributed by atoms with E-state index in [1.165, 1.54) is 13.1 Å². The molecule has 0 fully saturated rings. The first-order valence-corrected chi connectivity index (χ1v) is 6.03. The number of nitrogens with one attached hydrogen (secondary N) is 1. The number of amides is 1. The summed E-state index contributed by atoms with van der Waals surface area (Å²) in [4.78, 5) is 23.0. The van der Waals surface area contributed by atoms with Crippen molar-refractivity contribution in [3.8, 4) is 11.5 Å². The van der Waals surface area contributed by atoms with Crippen LogP contribution < -0.4 is 14.8 Å². The van der Waals surface area contributed by atoms with E-state index in [1.807, 2.05) is 0 Å². The lowest BCUT2D eigenvalue weighted by Crippen LogP contribution is -2.12. The second kappa shape index (κ2) is 4.82. The van der Waals surface area contributed by atoms with Gasteiger partial charge in [-0.3, -0.25) is 9.48 Å². The molecule has 1 aromatic carbocycles. The van der Waals surface area contributed by atoms with Crippen molar-refractivity contribution in [2.45, 2.75) is 0 Å². The zero-order valence-corrected chi connectivity index (χ0v) is 11.0. The van der Waals surface area contributed by atoms with E-state index in [1.54, 1.807) is 18.2 Å². The molecule has 1 aromatic heterocycles. The summed E-state index contributed by atoms with van der Waals surface area (Å²) in [5, 5.41) is 15.4. The van der Waals surface area contributed by atoms with Crippen LogP contribution in [0.15, 0.2) is 24.3 Å². The lowest BCUT2D eigenvalue weighted by Gasteiger charge is -2.04. The summed E-state index contributed by atoms with van der Waals surface area (Å²) in [5.74, 6) is -0.497. The number of hydrogen-bond donors (Lipinski definition) is 2. The lowest BCUT2D eigenvalue weighted by molar-refractivity contribution is 0.0684. The Kier molecular flexibility index (Phi) is 2.98. The van der Waals surface area contributed by atoms with Crippen LogP contribution in [0.3, 0.4) is 0 Å². The zero-order valence-electron chi connectivity index (χ0n) is 11.0. The van der Waals surface area contributed by atoms with Gasteiger partial charge in [-0.1, -0.05) is 0 Å². The van der Waals surface area contributed by atoms with Crippen molar-refractivity contribution >= 4 is 17.6 Å². The summed E-state index contributed by atoms with van der Waals surface area (Å²) in [6.07, 6.45) is 0. The average Bonchev–Trinajstić information content (AvgIpc) is 3.04. The van der Waals surface area contributed by atoms with E-state index >= 15 is 0 Å². The normalized spacial score (nSPS) is 12.2. The highest BCUT2D eigenvalue weighted by molar-refractivity contribution is 6.04. The molecule has 0 atom stereocenters. The van der Waals surface area contributed by atoms with Gasteiger partial charge in [-0.15, -0.1) is 0 Å². The number of benzene rings is 1. The van der Waals surface area contributed by atoms with Crippen molar-refractivity contribution in [3.63, 3.8) is 0 Å². The second-order valence-corrected chi connectivity index (χ2v) is 4.37. The minimum absolute atomic E-state index is 0.0209. The van der Waals surface area contributed by atoms with E-state index in [2.05, 4.69) is 10.4 Å². The topological polar surface area (TPSA) is 103 Å². The Balaban J connectivity index is 1.80. The van der Waals surface area contributed by atoms with Crippen molar-refractivity contribution in [1.82, 2.24) is 9.78 Å². The highest BCUT2D eigenvalue weighted by atomic mass is 16.7. The number of aromatic nitrogens is 2. The number of carbonyl (C=O) groups excluding carboxylic acids is 1. The first-order valence-electron chi connectivity index (χ1n) is 6.03. The van der Waals surface area contributed by atoms with Gasteiger partial charge in [0.2, 0.25) is 6.79 Å². The molecule has 21 heavy (non-hydrogen) atoms. The molecule has 0 saturated carbocycles. The maximum absolute atomic E-state index is 12.1. The molecular weight excluding hydrogens is 278 g/mol. The molecule has 0 unspecified atom stereocenters. The quantitative estimate of drug-likeness (QED) is 0.877. The number of carboxylic acid groups (broad SMARTS) is 1. The van der Waals surface area contributed by atoms with Gasteiger partial charge in [0.25, 0.3) is 5.91 Å². The number of aryl methyl sites for hydroxylation is 1. The van der Waals surface area contributed by atoms with E-state index < -0.39 is 11.9 Å². The van der Waals surface area contributed by atoms with Gasteiger partial charge in [0.1, 0.15) is 5.69 Å². The molecule has 0 bridgehead atoms. The average molecular weight is 289 g/mol. The summed E-state index contributed by atoms with van der Waals surface area (Å²) in [5.41, 5.74) is 0.463. The third-order valence-corrected chi connectivity index (χ3v) is 2.96. The second-order valence-electron chi connectivity index (χ2n) is 4.37. The fraction of sp³-hybridized carbons (Fsp3) is 0.154. The van der Waals surface area contributed by atoms with Crippen LogP contribution >= 0.6 is 0 Å². The van der Waals surface area contributed by atoms with Gasteiger partial charge in [0.05, 0.1) is 0 Å². The van der Waals surface area contributed by atoms with E-state index in [0.717, 1.165) is 4.68 Å². The summed E-state index contributed by atoms with van der Waals surface area (Å²) >= 11 is 0. The number of ether oxygens (including phenoxy) is 2. The third-order valence-electron chi connectivity index (χ3n) is 2.96. The number of carboxylic acids is 1. The minimum Gasteiger partial charge on any atom is -0.477 e. The molecule has 2 aromatic rings. The van der Waals surface area contributed by atoms with Gasteiger partial charge >= 0.3 is 5.97 Å². The molecule has 0 radical (unpaired) electrons. The molecule has 1 aliphatic heterocycles. The van der Waals surface area contributed by atoms with Crippen LogP contribution in [0.25, 0.3) is 0 Å². The van der Waals surface area contributed by atoms with Crippen molar-refractivity contribution in [1.29, 1.82) is 0 Å². The SMILES string of the molecule is Cn1nc(C(=O)Nc2ccc3c(c2)OCO3)cc1C(=O)O. The number of carbonyl (C=O) groups is 2. The Bertz CT molecular complexity index is 737. The molecule has 8 nitrogen and oxygen atoms in total. The highest BCUT2D eigenvalue weighted by Gasteiger charge is 2.18. The predicted molar refractivity (Wildman–Crippen MR) is 70.7 cm³/mol. The summed E-state index contributed by atoms with van der Waals surface area (Å²) in [6, 6.07) is 6.18. The summed E-state index contributed by atoms with van der Waals surface area (Å²) in [6.45, 7) is 0.148. The smallest absolute Gasteiger partial charge is 0.354 e. The number of rotatable bonds is 3. The fourth-order valence-corrected chi connectivity index (χ4v) is 1.95. The van der Waals surface area contributed by atoms with Gasteiger partial charge in [-0.2, -0.15) is 5.10 Å². The lowest BCUT2D eigenvalue weighted by atomic mass is 10.2. The highest BCUT2D eigenvalue weighted by Crippen LogP contribution is 2.34. The van der Waals surface area contributed by atoms with Crippen molar-refractivity contribution in [2.75, 3.05) is 12.1 Å². The number of hydrogen-bond acceptors (Lipinski definition) is 5. The fourth-order valence-electron chi connectivity index (χ4n) is 1.95. The van der Waals surface area contributed by atoms with Crippen LogP contribution in [0.4, 0.5) is 5.69 Å². The van der Waals surface area contributed by atoms with E-state index in [4.69, 9.17) is 14.6 Å². The maximum Gasteiger partial charge on any atom is 0.354 e. The Morgan fingerprint density at radius 3 is 2.76 bits per heavy atom. The van der Waals surface area contributed by atoms with E-state index in [-0.39, 0.29) is 18.2 Å². The molecule has 2 N–H and O–H groups in total. The minimum atomic E-state index is -1.15. The standard InChI is InChI=1S/C13H11N3O5/c1-16-9(13(18)19)5-8(15-16)12(17)14-7-2-3-10-11(4-7)21-6-20-10/h2-5H,6H2,1H3,(H,14,17)(H,18,19). The Hall–Kier alpha value is -3.03. The van der Waals surface area contributed by atoms with Crippen LogP contribution in [0.1, 0.15) is 21.0 Å². The Morgan fingerprint density at radius 1 is 1.29 bits per heavy atom. The molecule has 8 heteroatoms. The Morgan fingerprint density at radius 2 is 2.05 bits per heavy atom. The number of anilines is 1. The van der Waals surface area contributed by atoms with Crippen molar-refractivity contribution in [3.05, 3.63) is 35.7 Å². The molecule has 0 aliphatic carbocycles. The molecule has 1 aliphatic rings. The van der Waals surface area contributed by atoms with Crippen LogP contribution in [-0.2, 0) is 7.05 Å². The number of nitrogens with zero attached hydrogens (tertiary/aromatic N) is 2. The molecule has 0 saturated heterocycles. The molecule has 0 spiro atoms. The van der Waals surface area contributed by atoms with Gasteiger partial charge in [0.15, 0.2) is 17.2 Å². The van der Waals surface area contributed by atoms with Gasteiger partial charge in [-0.25, -0.2) is 4.79 Å².